The highest BCUT2D eigenvalue weighted by molar-refractivity contribution is 6.42. The molecule has 1 aromatic carbocycles. The SMILES string of the molecule is C/C(=C\c1ccc(Cl)c(Cl)c1)C(C)N. The van der Waals surface area contributed by atoms with Crippen molar-refractivity contribution in [2.45, 2.75) is 19.9 Å². The van der Waals surface area contributed by atoms with Gasteiger partial charge in [0, 0.05) is 6.04 Å². The molecular formula is C11H13Cl2N. The molecule has 0 saturated carbocycles. The molecule has 0 heterocycles. The van der Waals surface area contributed by atoms with Crippen LogP contribution in [0.25, 0.3) is 6.08 Å². The molecule has 0 aromatic heterocycles. The summed E-state index contributed by atoms with van der Waals surface area (Å²) in [6.45, 7) is 3.94. The van der Waals surface area contributed by atoms with Crippen LogP contribution >= 0.6 is 23.2 Å². The lowest BCUT2D eigenvalue weighted by Crippen LogP contribution is -2.15. The zero-order chi connectivity index (χ0) is 10.7. The lowest BCUT2D eigenvalue weighted by atomic mass is 10.1. The fourth-order valence-electron chi connectivity index (χ4n) is 0.996. The maximum absolute atomic E-state index is 5.88. The summed E-state index contributed by atoms with van der Waals surface area (Å²) >= 11 is 11.7. The Kier molecular flexibility index (Phi) is 3.99. The van der Waals surface area contributed by atoms with E-state index in [2.05, 4.69) is 0 Å². The molecule has 1 atom stereocenters. The normalized spacial score (nSPS) is 14.2. The molecule has 0 amide bonds. The van der Waals surface area contributed by atoms with Gasteiger partial charge in [0.05, 0.1) is 10.0 Å². The quantitative estimate of drug-likeness (QED) is 0.822. The van der Waals surface area contributed by atoms with Gasteiger partial charge in [0.15, 0.2) is 0 Å². The average Bonchev–Trinajstić information content (AvgIpc) is 2.11. The molecule has 0 radical (unpaired) electrons. The molecule has 0 saturated heterocycles. The van der Waals surface area contributed by atoms with Crippen molar-refractivity contribution in [2.75, 3.05) is 0 Å². The Labute approximate surface area is 94.5 Å². The molecule has 1 rings (SSSR count). The van der Waals surface area contributed by atoms with Crippen molar-refractivity contribution in [3.63, 3.8) is 0 Å². The lowest BCUT2D eigenvalue weighted by Gasteiger charge is -2.05. The highest BCUT2D eigenvalue weighted by Gasteiger charge is 2.00. The standard InChI is InChI=1S/C11H13Cl2N/c1-7(8(2)14)5-9-3-4-10(12)11(13)6-9/h3-6,8H,14H2,1-2H3/b7-5+. The molecule has 0 aliphatic rings. The first kappa shape index (κ1) is 11.6. The molecule has 1 nitrogen and oxygen atoms in total. The Morgan fingerprint density at radius 2 is 2.00 bits per heavy atom. The Balaban J connectivity index is 2.98. The van der Waals surface area contributed by atoms with Gasteiger partial charge in [-0.1, -0.05) is 40.9 Å². The maximum atomic E-state index is 5.88. The number of hydrogen-bond acceptors (Lipinski definition) is 1. The number of benzene rings is 1. The van der Waals surface area contributed by atoms with E-state index in [0.717, 1.165) is 11.1 Å². The Morgan fingerprint density at radius 3 is 2.50 bits per heavy atom. The van der Waals surface area contributed by atoms with E-state index in [-0.39, 0.29) is 6.04 Å². The van der Waals surface area contributed by atoms with Gasteiger partial charge in [0.25, 0.3) is 0 Å². The summed E-state index contributed by atoms with van der Waals surface area (Å²) in [5.74, 6) is 0. The van der Waals surface area contributed by atoms with Gasteiger partial charge in [-0.25, -0.2) is 0 Å². The van der Waals surface area contributed by atoms with Gasteiger partial charge in [-0.2, -0.15) is 0 Å². The van der Waals surface area contributed by atoms with Crippen LogP contribution in [0.15, 0.2) is 23.8 Å². The molecule has 0 aliphatic heterocycles. The summed E-state index contributed by atoms with van der Waals surface area (Å²) in [7, 11) is 0. The van der Waals surface area contributed by atoms with Crippen molar-refractivity contribution < 1.29 is 0 Å². The Morgan fingerprint density at radius 1 is 1.36 bits per heavy atom. The number of nitrogens with two attached hydrogens (primary N) is 1. The number of hydrogen-bond donors (Lipinski definition) is 1. The summed E-state index contributed by atoms with van der Waals surface area (Å²) in [5, 5.41) is 1.14. The van der Waals surface area contributed by atoms with E-state index in [1.807, 2.05) is 32.1 Å². The largest absolute Gasteiger partial charge is 0.324 e. The van der Waals surface area contributed by atoms with Crippen molar-refractivity contribution >= 4 is 29.3 Å². The number of halogens is 2. The third kappa shape index (κ3) is 3.02. The molecule has 0 spiro atoms. The first-order valence-electron chi connectivity index (χ1n) is 4.39. The number of rotatable bonds is 2. The predicted octanol–water partition coefficient (Wildman–Crippen LogP) is 3.74. The Bertz CT molecular complexity index is 356. The smallest absolute Gasteiger partial charge is 0.0598 e. The summed E-state index contributed by atoms with van der Waals surface area (Å²) < 4.78 is 0. The molecule has 0 fully saturated rings. The third-order valence-corrected chi connectivity index (χ3v) is 2.80. The summed E-state index contributed by atoms with van der Waals surface area (Å²) in [6, 6.07) is 5.59. The van der Waals surface area contributed by atoms with Crippen molar-refractivity contribution in [1.29, 1.82) is 0 Å². The fraction of sp³-hybridized carbons (Fsp3) is 0.273. The minimum atomic E-state index is 0.0597. The van der Waals surface area contributed by atoms with Crippen LogP contribution in [0.4, 0.5) is 0 Å². The van der Waals surface area contributed by atoms with Gasteiger partial charge in [0.1, 0.15) is 0 Å². The highest BCUT2D eigenvalue weighted by atomic mass is 35.5. The summed E-state index contributed by atoms with van der Waals surface area (Å²) in [5.41, 5.74) is 7.86. The zero-order valence-electron chi connectivity index (χ0n) is 8.22. The third-order valence-electron chi connectivity index (χ3n) is 2.06. The van der Waals surface area contributed by atoms with E-state index >= 15 is 0 Å². The molecule has 14 heavy (non-hydrogen) atoms. The Hall–Kier alpha value is -0.500. The van der Waals surface area contributed by atoms with E-state index < -0.39 is 0 Å². The van der Waals surface area contributed by atoms with Crippen molar-refractivity contribution in [2.24, 2.45) is 5.73 Å². The van der Waals surface area contributed by atoms with Crippen LogP contribution < -0.4 is 5.73 Å². The van der Waals surface area contributed by atoms with Gasteiger partial charge in [0.2, 0.25) is 0 Å². The van der Waals surface area contributed by atoms with Gasteiger partial charge < -0.3 is 5.73 Å². The zero-order valence-corrected chi connectivity index (χ0v) is 9.73. The van der Waals surface area contributed by atoms with Gasteiger partial charge >= 0.3 is 0 Å². The fourth-order valence-corrected chi connectivity index (χ4v) is 1.30. The van der Waals surface area contributed by atoms with Crippen molar-refractivity contribution in [1.82, 2.24) is 0 Å². The molecule has 0 bridgehead atoms. The molecular weight excluding hydrogens is 217 g/mol. The van der Waals surface area contributed by atoms with E-state index in [1.54, 1.807) is 6.07 Å². The summed E-state index contributed by atoms with van der Waals surface area (Å²) in [6.07, 6.45) is 2.01. The molecule has 76 valence electrons. The second-order valence-corrected chi connectivity index (χ2v) is 4.16. The van der Waals surface area contributed by atoms with Crippen molar-refractivity contribution in [3.8, 4) is 0 Å². The molecule has 2 N–H and O–H groups in total. The first-order chi connectivity index (χ1) is 6.50. The minimum absolute atomic E-state index is 0.0597. The van der Waals surface area contributed by atoms with Crippen LogP contribution in [0.1, 0.15) is 19.4 Å². The van der Waals surface area contributed by atoms with Crippen LogP contribution in [0, 0.1) is 0 Å². The molecule has 1 aromatic rings. The van der Waals surface area contributed by atoms with Crippen LogP contribution in [-0.2, 0) is 0 Å². The molecule has 0 aliphatic carbocycles. The monoisotopic (exact) mass is 229 g/mol. The van der Waals surface area contributed by atoms with Crippen LogP contribution in [0.3, 0.4) is 0 Å². The highest BCUT2D eigenvalue weighted by Crippen LogP contribution is 2.23. The van der Waals surface area contributed by atoms with E-state index in [4.69, 9.17) is 28.9 Å². The first-order valence-corrected chi connectivity index (χ1v) is 5.15. The summed E-state index contributed by atoms with van der Waals surface area (Å²) in [4.78, 5) is 0. The second kappa shape index (κ2) is 4.83. The van der Waals surface area contributed by atoms with E-state index in [0.29, 0.717) is 10.0 Å². The van der Waals surface area contributed by atoms with Crippen LogP contribution in [-0.4, -0.2) is 6.04 Å². The second-order valence-electron chi connectivity index (χ2n) is 3.35. The maximum Gasteiger partial charge on any atom is 0.0598 e. The van der Waals surface area contributed by atoms with E-state index in [9.17, 15) is 0 Å². The van der Waals surface area contributed by atoms with Crippen molar-refractivity contribution in [3.05, 3.63) is 39.4 Å². The average molecular weight is 230 g/mol. The topological polar surface area (TPSA) is 26.0 Å². The van der Waals surface area contributed by atoms with Gasteiger partial charge in [-0.15, -0.1) is 0 Å². The molecule has 3 heteroatoms. The minimum Gasteiger partial charge on any atom is -0.324 e. The van der Waals surface area contributed by atoms with Crippen LogP contribution in [0.5, 0.6) is 0 Å². The lowest BCUT2D eigenvalue weighted by molar-refractivity contribution is 0.868. The van der Waals surface area contributed by atoms with Gasteiger partial charge in [-0.3, -0.25) is 0 Å². The van der Waals surface area contributed by atoms with Gasteiger partial charge in [-0.05, 0) is 31.5 Å². The van der Waals surface area contributed by atoms with E-state index in [1.165, 1.54) is 0 Å². The van der Waals surface area contributed by atoms with Crippen LogP contribution in [0.2, 0.25) is 10.0 Å². The predicted molar refractivity (Wildman–Crippen MR) is 63.8 cm³/mol. The molecule has 1 unspecified atom stereocenters.